The Morgan fingerprint density at radius 3 is 2.00 bits per heavy atom. The van der Waals surface area contributed by atoms with Crippen molar-refractivity contribution in [1.29, 1.82) is 0 Å². The minimum Gasteiger partial charge on any atom is -0.300 e. The van der Waals surface area contributed by atoms with E-state index >= 15 is 0 Å². The fraction of sp³-hybridized carbons (Fsp3) is 1.00. The third-order valence-corrected chi connectivity index (χ3v) is 4.78. The highest BCUT2D eigenvalue weighted by molar-refractivity contribution is 7.86. The van der Waals surface area contributed by atoms with Gasteiger partial charge in [-0.1, -0.05) is 6.42 Å². The average Bonchev–Trinajstić information content (AvgIpc) is 2.29. The minimum atomic E-state index is -3.47. The highest BCUT2D eigenvalue weighted by Crippen LogP contribution is 2.21. The summed E-state index contributed by atoms with van der Waals surface area (Å²) in [5.74, 6) is 0. The minimum absolute atomic E-state index is 0.568. The molecular formula is C10H21N3O2S. The Balaban J connectivity index is 1.85. The SMILES string of the molecule is NS(=O)(=O)N1CCC(N2CCCCC2)CC1. The van der Waals surface area contributed by atoms with Crippen LogP contribution in [-0.4, -0.2) is 49.8 Å². The summed E-state index contributed by atoms with van der Waals surface area (Å²) in [4.78, 5) is 2.52. The maximum atomic E-state index is 11.2. The molecule has 0 spiro atoms. The van der Waals surface area contributed by atoms with E-state index in [1.807, 2.05) is 0 Å². The Kier molecular flexibility index (Phi) is 3.84. The molecule has 0 unspecified atom stereocenters. The van der Waals surface area contributed by atoms with Crippen molar-refractivity contribution in [3.05, 3.63) is 0 Å². The van der Waals surface area contributed by atoms with Gasteiger partial charge in [-0.2, -0.15) is 12.7 Å². The van der Waals surface area contributed by atoms with E-state index in [-0.39, 0.29) is 0 Å². The summed E-state index contributed by atoms with van der Waals surface area (Å²) in [5, 5.41) is 5.12. The van der Waals surface area contributed by atoms with Crippen LogP contribution in [0.4, 0.5) is 0 Å². The lowest BCUT2D eigenvalue weighted by Gasteiger charge is -2.39. The zero-order chi connectivity index (χ0) is 11.6. The average molecular weight is 247 g/mol. The van der Waals surface area contributed by atoms with E-state index in [1.54, 1.807) is 0 Å². The largest absolute Gasteiger partial charge is 0.300 e. The van der Waals surface area contributed by atoms with Gasteiger partial charge in [0.05, 0.1) is 0 Å². The molecule has 0 radical (unpaired) electrons. The molecule has 0 saturated carbocycles. The first kappa shape index (κ1) is 12.3. The molecule has 94 valence electrons. The monoisotopic (exact) mass is 247 g/mol. The first-order chi connectivity index (χ1) is 7.57. The molecule has 2 rings (SSSR count). The van der Waals surface area contributed by atoms with Crippen LogP contribution in [0.1, 0.15) is 32.1 Å². The number of nitrogens with zero attached hydrogens (tertiary/aromatic N) is 2. The van der Waals surface area contributed by atoms with Gasteiger partial charge >= 0.3 is 0 Å². The number of hydrogen-bond donors (Lipinski definition) is 1. The van der Waals surface area contributed by atoms with Gasteiger partial charge in [-0.05, 0) is 38.8 Å². The predicted molar refractivity (Wildman–Crippen MR) is 63.1 cm³/mol. The molecule has 16 heavy (non-hydrogen) atoms. The summed E-state index contributed by atoms with van der Waals surface area (Å²) >= 11 is 0. The molecule has 6 heteroatoms. The summed E-state index contributed by atoms with van der Waals surface area (Å²) in [7, 11) is -3.47. The first-order valence-electron chi connectivity index (χ1n) is 6.09. The molecule has 0 atom stereocenters. The zero-order valence-electron chi connectivity index (χ0n) is 9.64. The van der Waals surface area contributed by atoms with Gasteiger partial charge in [0.15, 0.2) is 0 Å². The van der Waals surface area contributed by atoms with Crippen LogP contribution in [0.5, 0.6) is 0 Å². The van der Waals surface area contributed by atoms with Crippen molar-refractivity contribution in [1.82, 2.24) is 9.21 Å². The van der Waals surface area contributed by atoms with Gasteiger partial charge in [0.2, 0.25) is 0 Å². The quantitative estimate of drug-likeness (QED) is 0.755. The fourth-order valence-corrected chi connectivity index (χ4v) is 3.47. The highest BCUT2D eigenvalue weighted by atomic mass is 32.2. The molecule has 2 saturated heterocycles. The molecule has 0 aromatic heterocycles. The number of hydrogen-bond acceptors (Lipinski definition) is 3. The summed E-state index contributed by atoms with van der Waals surface area (Å²) < 4.78 is 23.7. The summed E-state index contributed by atoms with van der Waals surface area (Å²) in [6.07, 6.45) is 5.77. The van der Waals surface area contributed by atoms with Gasteiger partial charge in [-0.3, -0.25) is 0 Å². The highest BCUT2D eigenvalue weighted by Gasteiger charge is 2.29. The van der Waals surface area contributed by atoms with E-state index in [4.69, 9.17) is 5.14 Å². The molecule has 0 bridgehead atoms. The van der Waals surface area contributed by atoms with Crippen molar-refractivity contribution < 1.29 is 8.42 Å². The number of nitrogens with two attached hydrogens (primary N) is 1. The molecule has 5 nitrogen and oxygen atoms in total. The van der Waals surface area contributed by atoms with Crippen molar-refractivity contribution in [2.45, 2.75) is 38.1 Å². The molecule has 0 amide bonds. The summed E-state index contributed by atoms with van der Waals surface area (Å²) in [5.41, 5.74) is 0. The van der Waals surface area contributed by atoms with E-state index in [0.717, 1.165) is 12.8 Å². The second-order valence-corrected chi connectivity index (χ2v) is 6.32. The lowest BCUT2D eigenvalue weighted by Crippen LogP contribution is -2.49. The molecule has 0 aromatic rings. The third-order valence-electron chi connectivity index (χ3n) is 3.69. The van der Waals surface area contributed by atoms with Crippen molar-refractivity contribution >= 4 is 10.2 Å². The van der Waals surface area contributed by atoms with E-state index in [2.05, 4.69) is 4.90 Å². The lowest BCUT2D eigenvalue weighted by molar-refractivity contribution is 0.118. The van der Waals surface area contributed by atoms with Crippen molar-refractivity contribution in [3.8, 4) is 0 Å². The van der Waals surface area contributed by atoms with Gasteiger partial charge < -0.3 is 4.90 Å². The van der Waals surface area contributed by atoms with Gasteiger partial charge in [-0.15, -0.1) is 0 Å². The smallest absolute Gasteiger partial charge is 0.276 e. The zero-order valence-corrected chi connectivity index (χ0v) is 10.5. The van der Waals surface area contributed by atoms with Gasteiger partial charge in [0.1, 0.15) is 0 Å². The Morgan fingerprint density at radius 1 is 0.938 bits per heavy atom. The Morgan fingerprint density at radius 2 is 1.50 bits per heavy atom. The van der Waals surface area contributed by atoms with Crippen LogP contribution in [-0.2, 0) is 10.2 Å². The number of piperidine rings is 2. The van der Waals surface area contributed by atoms with E-state index < -0.39 is 10.2 Å². The van der Waals surface area contributed by atoms with E-state index in [1.165, 1.54) is 36.7 Å². The van der Waals surface area contributed by atoms with Gasteiger partial charge in [-0.25, -0.2) is 5.14 Å². The standard InChI is InChI=1S/C10H21N3O2S/c11-16(14,15)13-8-4-10(5-9-13)12-6-2-1-3-7-12/h10H,1-9H2,(H2,11,14,15). The van der Waals surface area contributed by atoms with Crippen LogP contribution in [0.15, 0.2) is 0 Å². The second kappa shape index (κ2) is 5.00. The van der Waals surface area contributed by atoms with Crippen molar-refractivity contribution in [3.63, 3.8) is 0 Å². The number of likely N-dealkylation sites (tertiary alicyclic amines) is 1. The molecule has 2 N–H and O–H groups in total. The molecule has 2 aliphatic heterocycles. The lowest BCUT2D eigenvalue weighted by atomic mass is 10.0. The number of rotatable bonds is 2. The second-order valence-electron chi connectivity index (χ2n) is 4.77. The molecular weight excluding hydrogens is 226 g/mol. The Bertz CT molecular complexity index is 317. The van der Waals surface area contributed by atoms with E-state index in [9.17, 15) is 8.42 Å². The van der Waals surface area contributed by atoms with Crippen molar-refractivity contribution in [2.75, 3.05) is 26.2 Å². The topological polar surface area (TPSA) is 66.6 Å². The normalized spacial score (nSPS) is 27.1. The van der Waals surface area contributed by atoms with Crippen LogP contribution in [0, 0.1) is 0 Å². The van der Waals surface area contributed by atoms with Crippen LogP contribution in [0.2, 0.25) is 0 Å². The van der Waals surface area contributed by atoms with Gasteiger partial charge in [0, 0.05) is 19.1 Å². The third kappa shape index (κ3) is 2.94. The Labute approximate surface area is 97.8 Å². The molecule has 2 aliphatic rings. The van der Waals surface area contributed by atoms with Crippen LogP contribution >= 0.6 is 0 Å². The maximum Gasteiger partial charge on any atom is 0.276 e. The predicted octanol–water partition coefficient (Wildman–Crippen LogP) is 0.140. The molecule has 2 heterocycles. The van der Waals surface area contributed by atoms with Crippen LogP contribution < -0.4 is 5.14 Å². The van der Waals surface area contributed by atoms with E-state index in [0.29, 0.717) is 19.1 Å². The molecule has 0 aliphatic carbocycles. The molecule has 0 aromatic carbocycles. The summed E-state index contributed by atoms with van der Waals surface area (Å²) in [6, 6.07) is 0.568. The molecule has 2 fully saturated rings. The Hall–Kier alpha value is -0.170. The van der Waals surface area contributed by atoms with Crippen LogP contribution in [0.3, 0.4) is 0 Å². The van der Waals surface area contributed by atoms with Gasteiger partial charge in [0.25, 0.3) is 10.2 Å². The fourth-order valence-electron chi connectivity index (χ4n) is 2.75. The summed E-state index contributed by atoms with van der Waals surface area (Å²) in [6.45, 7) is 3.53. The first-order valence-corrected chi connectivity index (χ1v) is 7.59. The maximum absolute atomic E-state index is 11.2. The van der Waals surface area contributed by atoms with Crippen molar-refractivity contribution in [2.24, 2.45) is 5.14 Å². The van der Waals surface area contributed by atoms with Crippen LogP contribution in [0.25, 0.3) is 0 Å².